The Morgan fingerprint density at radius 2 is 2.31 bits per heavy atom. The second-order valence-corrected chi connectivity index (χ2v) is 4.63. The van der Waals surface area contributed by atoms with Crippen LogP contribution in [-0.4, -0.2) is 11.5 Å². The third kappa shape index (κ3) is 2.51. The number of hydrogen-bond donors (Lipinski definition) is 1. The summed E-state index contributed by atoms with van der Waals surface area (Å²) in [5.41, 5.74) is 6.78. The fourth-order valence-electron chi connectivity index (χ4n) is 1.43. The molecule has 0 amide bonds. The second kappa shape index (κ2) is 4.20. The van der Waals surface area contributed by atoms with Crippen molar-refractivity contribution >= 4 is 11.3 Å². The van der Waals surface area contributed by atoms with Crippen LogP contribution in [0.4, 0.5) is 0 Å². The summed E-state index contributed by atoms with van der Waals surface area (Å²) in [7, 11) is 0. The number of nitrogens with two attached hydrogens (primary N) is 1. The fourth-order valence-corrected chi connectivity index (χ4v) is 2.35. The largest absolute Gasteiger partial charge is 0.330 e. The van der Waals surface area contributed by atoms with Crippen molar-refractivity contribution in [3.63, 3.8) is 0 Å². The van der Waals surface area contributed by atoms with Crippen molar-refractivity contribution in [1.82, 2.24) is 4.98 Å². The van der Waals surface area contributed by atoms with Gasteiger partial charge in [-0.2, -0.15) is 0 Å². The van der Waals surface area contributed by atoms with E-state index < -0.39 is 0 Å². The Balaban J connectivity index is 1.82. The second-order valence-electron chi connectivity index (χ2n) is 3.69. The molecule has 0 unspecified atom stereocenters. The molecule has 1 aromatic rings. The maximum Gasteiger partial charge on any atom is 0.0928 e. The van der Waals surface area contributed by atoms with Gasteiger partial charge in [-0.1, -0.05) is 0 Å². The van der Waals surface area contributed by atoms with Gasteiger partial charge in [-0.3, -0.25) is 0 Å². The van der Waals surface area contributed by atoms with E-state index in [1.54, 1.807) is 0 Å². The Morgan fingerprint density at radius 1 is 1.46 bits per heavy atom. The van der Waals surface area contributed by atoms with Gasteiger partial charge in [-0.25, -0.2) is 4.98 Å². The van der Waals surface area contributed by atoms with E-state index in [0.717, 1.165) is 25.3 Å². The third-order valence-corrected chi connectivity index (χ3v) is 3.34. The lowest BCUT2D eigenvalue weighted by atomic mass is 10.2. The van der Waals surface area contributed by atoms with E-state index in [4.69, 9.17) is 5.73 Å². The molecule has 1 saturated carbocycles. The monoisotopic (exact) mass is 196 g/mol. The van der Waals surface area contributed by atoms with Gasteiger partial charge in [0, 0.05) is 11.3 Å². The smallest absolute Gasteiger partial charge is 0.0928 e. The van der Waals surface area contributed by atoms with E-state index in [0.29, 0.717) is 0 Å². The fraction of sp³-hybridized carbons (Fsp3) is 0.700. The highest BCUT2D eigenvalue weighted by Gasteiger charge is 2.25. The minimum atomic E-state index is 0.805. The summed E-state index contributed by atoms with van der Waals surface area (Å²) >= 11 is 1.82. The molecular formula is C10H16N2S. The normalized spacial score (nSPS) is 16.4. The van der Waals surface area contributed by atoms with Crippen LogP contribution in [0.1, 0.15) is 42.3 Å². The zero-order valence-corrected chi connectivity index (χ0v) is 8.65. The Labute approximate surface area is 83.2 Å². The van der Waals surface area contributed by atoms with Crippen LogP contribution in [0.15, 0.2) is 5.38 Å². The zero-order valence-electron chi connectivity index (χ0n) is 7.83. The first-order valence-electron chi connectivity index (χ1n) is 5.04. The summed E-state index contributed by atoms with van der Waals surface area (Å²) in [6, 6.07) is 0. The predicted molar refractivity (Wildman–Crippen MR) is 56.1 cm³/mol. The lowest BCUT2D eigenvalue weighted by molar-refractivity contribution is 0.739. The minimum absolute atomic E-state index is 0.805. The van der Waals surface area contributed by atoms with Gasteiger partial charge in [0.05, 0.1) is 10.7 Å². The minimum Gasteiger partial charge on any atom is -0.330 e. The molecule has 2 nitrogen and oxygen atoms in total. The highest BCUT2D eigenvalue weighted by Crippen LogP contribution is 2.40. The van der Waals surface area contributed by atoms with E-state index in [1.165, 1.54) is 30.0 Å². The first kappa shape index (κ1) is 9.16. The predicted octanol–water partition coefficient (Wildman–Crippen LogP) is 2.30. The molecule has 1 heterocycles. The molecular weight excluding hydrogens is 180 g/mol. The SMILES string of the molecule is NCCCCc1nc(C2CC2)cs1. The highest BCUT2D eigenvalue weighted by molar-refractivity contribution is 7.09. The summed E-state index contributed by atoms with van der Waals surface area (Å²) in [6.45, 7) is 0.806. The van der Waals surface area contributed by atoms with Gasteiger partial charge in [-0.05, 0) is 38.6 Å². The summed E-state index contributed by atoms with van der Waals surface area (Å²) in [5, 5.41) is 3.53. The van der Waals surface area contributed by atoms with Crippen molar-refractivity contribution in [3.8, 4) is 0 Å². The third-order valence-electron chi connectivity index (χ3n) is 2.41. The molecule has 1 aliphatic carbocycles. The molecule has 0 saturated heterocycles. The average molecular weight is 196 g/mol. The lowest BCUT2D eigenvalue weighted by Crippen LogP contribution is -1.98. The molecule has 0 aromatic carbocycles. The maximum absolute atomic E-state index is 5.44. The van der Waals surface area contributed by atoms with Gasteiger partial charge in [0.15, 0.2) is 0 Å². The number of rotatable bonds is 5. The Hall–Kier alpha value is -0.410. The molecule has 1 aromatic heterocycles. The molecule has 72 valence electrons. The Kier molecular flexibility index (Phi) is 2.96. The summed E-state index contributed by atoms with van der Waals surface area (Å²) in [5.74, 6) is 0.805. The van der Waals surface area contributed by atoms with Gasteiger partial charge in [-0.15, -0.1) is 11.3 Å². The van der Waals surface area contributed by atoms with Crippen molar-refractivity contribution in [2.75, 3.05) is 6.54 Å². The maximum atomic E-state index is 5.44. The molecule has 0 spiro atoms. The number of nitrogens with zero attached hydrogens (tertiary/aromatic N) is 1. The van der Waals surface area contributed by atoms with Gasteiger partial charge >= 0.3 is 0 Å². The number of hydrogen-bond acceptors (Lipinski definition) is 3. The highest BCUT2D eigenvalue weighted by atomic mass is 32.1. The summed E-state index contributed by atoms with van der Waals surface area (Å²) in [6.07, 6.45) is 6.14. The molecule has 0 aliphatic heterocycles. The molecule has 1 aliphatic rings. The first-order valence-corrected chi connectivity index (χ1v) is 5.92. The van der Waals surface area contributed by atoms with E-state index in [2.05, 4.69) is 10.4 Å². The summed E-state index contributed by atoms with van der Waals surface area (Å²) in [4.78, 5) is 4.62. The van der Waals surface area contributed by atoms with Gasteiger partial charge in [0.2, 0.25) is 0 Å². The molecule has 13 heavy (non-hydrogen) atoms. The van der Waals surface area contributed by atoms with Gasteiger partial charge < -0.3 is 5.73 Å². The van der Waals surface area contributed by atoms with Crippen molar-refractivity contribution < 1.29 is 0 Å². The van der Waals surface area contributed by atoms with Crippen LogP contribution in [0.5, 0.6) is 0 Å². The average Bonchev–Trinajstić information content (AvgIpc) is 2.88. The molecule has 0 atom stereocenters. The number of unbranched alkanes of at least 4 members (excludes halogenated alkanes) is 1. The molecule has 3 heteroatoms. The van der Waals surface area contributed by atoms with Crippen molar-refractivity contribution in [3.05, 3.63) is 16.1 Å². The number of aryl methyl sites for hydroxylation is 1. The van der Waals surface area contributed by atoms with Crippen molar-refractivity contribution in [1.29, 1.82) is 0 Å². The summed E-state index contributed by atoms with van der Waals surface area (Å²) < 4.78 is 0. The number of aromatic nitrogens is 1. The standard InChI is InChI=1S/C10H16N2S/c11-6-2-1-3-10-12-9(7-13-10)8-4-5-8/h7-8H,1-6,11H2. The first-order chi connectivity index (χ1) is 6.40. The Bertz CT molecular complexity index is 266. The van der Waals surface area contributed by atoms with Crippen molar-refractivity contribution in [2.24, 2.45) is 5.73 Å². The molecule has 1 fully saturated rings. The molecule has 0 bridgehead atoms. The quantitative estimate of drug-likeness (QED) is 0.734. The molecule has 0 radical (unpaired) electrons. The van der Waals surface area contributed by atoms with Crippen LogP contribution < -0.4 is 5.73 Å². The van der Waals surface area contributed by atoms with Gasteiger partial charge in [0.1, 0.15) is 0 Å². The van der Waals surface area contributed by atoms with Gasteiger partial charge in [0.25, 0.3) is 0 Å². The van der Waals surface area contributed by atoms with E-state index in [1.807, 2.05) is 11.3 Å². The zero-order chi connectivity index (χ0) is 9.10. The van der Waals surface area contributed by atoms with Crippen molar-refractivity contribution in [2.45, 2.75) is 38.0 Å². The topological polar surface area (TPSA) is 38.9 Å². The van der Waals surface area contributed by atoms with E-state index >= 15 is 0 Å². The van der Waals surface area contributed by atoms with Crippen LogP contribution in [0.2, 0.25) is 0 Å². The van der Waals surface area contributed by atoms with E-state index in [-0.39, 0.29) is 0 Å². The van der Waals surface area contributed by atoms with Crippen LogP contribution in [0.25, 0.3) is 0 Å². The lowest BCUT2D eigenvalue weighted by Gasteiger charge is -1.93. The van der Waals surface area contributed by atoms with Crippen LogP contribution in [0, 0.1) is 0 Å². The van der Waals surface area contributed by atoms with Crippen LogP contribution in [0.3, 0.4) is 0 Å². The number of thiazole rings is 1. The molecule has 2 N–H and O–H groups in total. The Morgan fingerprint density at radius 3 is 3.00 bits per heavy atom. The van der Waals surface area contributed by atoms with Crippen LogP contribution in [-0.2, 0) is 6.42 Å². The molecule has 2 rings (SSSR count). The van der Waals surface area contributed by atoms with Crippen LogP contribution >= 0.6 is 11.3 Å². The van der Waals surface area contributed by atoms with E-state index in [9.17, 15) is 0 Å².